The van der Waals surface area contributed by atoms with Crippen molar-refractivity contribution < 1.29 is 24.2 Å². The molecule has 3 rings (SSSR count). The van der Waals surface area contributed by atoms with E-state index in [1.54, 1.807) is 0 Å². The highest BCUT2D eigenvalue weighted by Crippen LogP contribution is 3.02. The SMILES string of the molecule is CCCc1cccc(-c2cc(OC)c(-c3cc(S(F)(F)(F)(F)F)ccc3CC(C)C)cc2CC(C)C)c1. The molecule has 204 valence electrons. The van der Waals surface area contributed by atoms with E-state index in [1.165, 1.54) is 18.7 Å². The van der Waals surface area contributed by atoms with Crippen LogP contribution in [0.3, 0.4) is 0 Å². The van der Waals surface area contributed by atoms with Crippen LogP contribution >= 0.6 is 10.2 Å². The van der Waals surface area contributed by atoms with Gasteiger partial charge in [-0.2, -0.15) is 0 Å². The minimum atomic E-state index is -9.87. The van der Waals surface area contributed by atoms with Gasteiger partial charge in [-0.3, -0.25) is 0 Å². The summed E-state index contributed by atoms with van der Waals surface area (Å²) < 4.78 is 74.8. The number of ether oxygens (including phenoxy) is 1. The molecule has 3 aromatic carbocycles. The lowest BCUT2D eigenvalue weighted by molar-refractivity contribution is 0.364. The van der Waals surface area contributed by atoms with Gasteiger partial charge in [0.1, 0.15) is 10.6 Å². The summed E-state index contributed by atoms with van der Waals surface area (Å²) in [6.45, 7) is 10.1. The largest absolute Gasteiger partial charge is 0.496 e. The monoisotopic (exact) mass is 540 g/mol. The van der Waals surface area contributed by atoms with Crippen molar-refractivity contribution in [2.24, 2.45) is 11.8 Å². The van der Waals surface area contributed by atoms with E-state index in [4.69, 9.17) is 4.74 Å². The van der Waals surface area contributed by atoms with Crippen LogP contribution in [0.5, 0.6) is 5.75 Å². The lowest BCUT2D eigenvalue weighted by Gasteiger charge is -2.41. The first-order valence-electron chi connectivity index (χ1n) is 12.7. The van der Waals surface area contributed by atoms with Crippen LogP contribution in [0.2, 0.25) is 0 Å². The van der Waals surface area contributed by atoms with Gasteiger partial charge in [0.05, 0.1) is 7.11 Å². The van der Waals surface area contributed by atoms with E-state index in [2.05, 4.69) is 32.9 Å². The van der Waals surface area contributed by atoms with Crippen LogP contribution in [-0.4, -0.2) is 7.11 Å². The highest BCUT2D eigenvalue weighted by molar-refractivity contribution is 8.45. The molecular weight excluding hydrogens is 503 g/mol. The van der Waals surface area contributed by atoms with Crippen LogP contribution in [0, 0.1) is 11.8 Å². The summed E-state index contributed by atoms with van der Waals surface area (Å²) in [5.74, 6) is 0.740. The Hall–Kier alpha value is -2.54. The first-order valence-corrected chi connectivity index (χ1v) is 14.6. The summed E-state index contributed by atoms with van der Waals surface area (Å²) in [4.78, 5) is -1.88. The number of hydrogen-bond acceptors (Lipinski definition) is 1. The molecule has 0 aliphatic heterocycles. The van der Waals surface area contributed by atoms with Gasteiger partial charge in [0, 0.05) is 5.56 Å². The second-order valence-electron chi connectivity index (χ2n) is 10.6. The van der Waals surface area contributed by atoms with Gasteiger partial charge in [0.2, 0.25) is 0 Å². The molecule has 0 bridgehead atoms. The van der Waals surface area contributed by atoms with Crippen molar-refractivity contribution in [3.05, 3.63) is 71.3 Å². The summed E-state index contributed by atoms with van der Waals surface area (Å²) in [6.07, 6.45) is 3.05. The predicted octanol–water partition coefficient (Wildman–Crippen LogP) is 11.0. The van der Waals surface area contributed by atoms with Crippen LogP contribution in [-0.2, 0) is 19.3 Å². The minimum absolute atomic E-state index is 0.117. The van der Waals surface area contributed by atoms with Crippen LogP contribution in [0.25, 0.3) is 22.3 Å². The standard InChI is InChI=1S/C30H37F5OS/c1-7-9-22-10-8-11-23(16-22)27-19-30(36-6)29(17-25(27)15-21(4)5)28-18-26(37(31,32,33,34)35)13-12-24(28)14-20(2)3/h8,10-13,16-21H,7,9,14-15H2,1-6H3. The smallest absolute Gasteiger partial charge is 0.310 e. The fraction of sp³-hybridized carbons (Fsp3) is 0.400. The molecule has 0 saturated heterocycles. The number of rotatable bonds is 10. The molecule has 37 heavy (non-hydrogen) atoms. The third-order valence-electron chi connectivity index (χ3n) is 6.28. The van der Waals surface area contributed by atoms with Crippen molar-refractivity contribution in [3.63, 3.8) is 0 Å². The highest BCUT2D eigenvalue weighted by atomic mass is 32.5. The fourth-order valence-electron chi connectivity index (χ4n) is 4.73. The van der Waals surface area contributed by atoms with Crippen molar-refractivity contribution in [1.29, 1.82) is 0 Å². The van der Waals surface area contributed by atoms with Crippen molar-refractivity contribution in [1.82, 2.24) is 0 Å². The summed E-state index contributed by atoms with van der Waals surface area (Å²) in [7, 11) is -8.42. The molecule has 0 N–H and O–H groups in total. The van der Waals surface area contributed by atoms with Crippen LogP contribution in [0.1, 0.15) is 57.7 Å². The van der Waals surface area contributed by atoms with Gasteiger partial charge >= 0.3 is 10.2 Å². The molecule has 0 radical (unpaired) electrons. The Balaban J connectivity index is 2.34. The zero-order chi connectivity index (χ0) is 27.7. The Morgan fingerprint density at radius 2 is 1.38 bits per heavy atom. The van der Waals surface area contributed by atoms with E-state index in [9.17, 15) is 19.4 Å². The molecule has 0 saturated carbocycles. The molecule has 0 atom stereocenters. The molecule has 0 aliphatic rings. The Bertz CT molecular complexity index is 1260. The Morgan fingerprint density at radius 3 is 1.95 bits per heavy atom. The Kier molecular flexibility index (Phi) is 7.82. The van der Waals surface area contributed by atoms with Crippen molar-refractivity contribution >= 4 is 10.2 Å². The van der Waals surface area contributed by atoms with Gasteiger partial charge in [-0.1, -0.05) is 90.8 Å². The van der Waals surface area contributed by atoms with Gasteiger partial charge in [0.15, 0.2) is 0 Å². The Labute approximate surface area is 217 Å². The van der Waals surface area contributed by atoms with E-state index in [-0.39, 0.29) is 17.4 Å². The van der Waals surface area contributed by atoms with E-state index < -0.39 is 15.1 Å². The number of benzene rings is 3. The zero-order valence-corrected chi connectivity index (χ0v) is 23.2. The topological polar surface area (TPSA) is 9.23 Å². The van der Waals surface area contributed by atoms with E-state index >= 15 is 0 Å². The van der Waals surface area contributed by atoms with Gasteiger partial charge in [-0.15, -0.1) is 0 Å². The average Bonchev–Trinajstić information content (AvgIpc) is 2.77. The maximum Gasteiger partial charge on any atom is 0.310 e. The summed E-state index contributed by atoms with van der Waals surface area (Å²) in [5, 5.41) is 0. The fourth-order valence-corrected chi connectivity index (χ4v) is 5.39. The molecular formula is C30H37F5OS. The summed E-state index contributed by atoms with van der Waals surface area (Å²) in [5.41, 5.74) is 5.16. The first kappa shape index (κ1) is 29.0. The van der Waals surface area contributed by atoms with Gasteiger partial charge in [-0.25, -0.2) is 0 Å². The number of halogens is 5. The van der Waals surface area contributed by atoms with Gasteiger partial charge < -0.3 is 4.74 Å². The van der Waals surface area contributed by atoms with Crippen LogP contribution in [0.15, 0.2) is 59.5 Å². The average molecular weight is 541 g/mol. The van der Waals surface area contributed by atoms with E-state index in [1.807, 2.05) is 38.1 Å². The molecule has 3 aromatic rings. The van der Waals surface area contributed by atoms with E-state index in [0.29, 0.717) is 41.9 Å². The molecule has 0 spiro atoms. The molecule has 1 nitrogen and oxygen atoms in total. The number of methoxy groups -OCH3 is 1. The lowest BCUT2D eigenvalue weighted by atomic mass is 9.87. The predicted molar refractivity (Wildman–Crippen MR) is 146 cm³/mol. The van der Waals surface area contributed by atoms with Crippen LogP contribution in [0.4, 0.5) is 19.4 Å². The van der Waals surface area contributed by atoms with Crippen LogP contribution < -0.4 is 4.74 Å². The molecule has 7 heteroatoms. The molecule has 0 aromatic heterocycles. The van der Waals surface area contributed by atoms with Crippen molar-refractivity contribution in [2.75, 3.05) is 7.11 Å². The number of hydrogen-bond donors (Lipinski definition) is 0. The first-order chi connectivity index (χ1) is 17.0. The second-order valence-corrected chi connectivity index (χ2v) is 13.1. The molecule has 0 fully saturated rings. The third-order valence-corrected chi connectivity index (χ3v) is 7.42. The maximum absolute atomic E-state index is 13.8. The molecule has 0 aliphatic carbocycles. The second kappa shape index (κ2) is 9.97. The highest BCUT2D eigenvalue weighted by Gasteiger charge is 2.65. The van der Waals surface area contributed by atoms with Crippen molar-refractivity contribution in [3.8, 4) is 28.0 Å². The van der Waals surface area contributed by atoms with Gasteiger partial charge in [-0.05, 0) is 88.7 Å². The summed E-state index contributed by atoms with van der Waals surface area (Å²) in [6, 6.07) is 14.2. The third kappa shape index (κ3) is 7.28. The molecule has 0 unspecified atom stereocenters. The molecule has 0 heterocycles. The van der Waals surface area contributed by atoms with Crippen molar-refractivity contribution in [2.45, 2.75) is 65.2 Å². The normalized spacial score (nSPS) is 14.1. The maximum atomic E-state index is 13.8. The minimum Gasteiger partial charge on any atom is -0.496 e. The van der Waals surface area contributed by atoms with E-state index in [0.717, 1.165) is 29.5 Å². The zero-order valence-electron chi connectivity index (χ0n) is 22.4. The van der Waals surface area contributed by atoms with Gasteiger partial charge in [0.25, 0.3) is 0 Å². The lowest BCUT2D eigenvalue weighted by Crippen LogP contribution is -2.08. The quantitative estimate of drug-likeness (QED) is 0.232. The Morgan fingerprint density at radius 1 is 0.730 bits per heavy atom. The molecule has 0 amide bonds. The summed E-state index contributed by atoms with van der Waals surface area (Å²) >= 11 is 0. The number of aryl methyl sites for hydroxylation is 1.